The van der Waals surface area contributed by atoms with E-state index in [9.17, 15) is 29.1 Å². The normalized spacial score (nSPS) is 23.5. The Kier molecular flexibility index (Phi) is 7.33. The molecule has 8 nitrogen and oxygen atoms in total. The second-order valence-corrected chi connectivity index (χ2v) is 11.4. The van der Waals surface area contributed by atoms with Gasteiger partial charge in [-0.05, 0) is 31.1 Å². The summed E-state index contributed by atoms with van der Waals surface area (Å²) >= 11 is 2.07. The van der Waals surface area contributed by atoms with Crippen molar-refractivity contribution in [3.8, 4) is 0 Å². The van der Waals surface area contributed by atoms with Crippen LogP contribution >= 0.6 is 23.5 Å². The van der Waals surface area contributed by atoms with Gasteiger partial charge in [-0.1, -0.05) is 44.3 Å². The van der Waals surface area contributed by atoms with Gasteiger partial charge in [-0.25, -0.2) is 14.8 Å². The van der Waals surface area contributed by atoms with Crippen LogP contribution in [0.3, 0.4) is 0 Å². The van der Waals surface area contributed by atoms with Crippen molar-refractivity contribution >= 4 is 51.5 Å². The van der Waals surface area contributed by atoms with Gasteiger partial charge in [-0.3, -0.25) is 19.2 Å². The highest BCUT2D eigenvalue weighted by Gasteiger charge is 2.68. The monoisotopic (exact) mass is 458 g/mol. The molecule has 2 saturated heterocycles. The zero-order valence-electron chi connectivity index (χ0n) is 18.1. The van der Waals surface area contributed by atoms with Crippen molar-refractivity contribution in [1.29, 1.82) is 0 Å². The number of amides is 2. The van der Waals surface area contributed by atoms with E-state index in [0.717, 1.165) is 23.5 Å². The number of carbonyl (C=O) groups excluding carboxylic acids is 4. The maximum Gasteiger partial charge on any atom is 0.332 e. The zero-order valence-corrected chi connectivity index (χ0v) is 19.8. The SMILES string of the molecule is CC(=O)SCCC1(CCSC(C)=O)C(=O)N2CCCC(C(=O)O)(C(C)(C)C)N2C1=O. The van der Waals surface area contributed by atoms with Crippen LogP contribution in [-0.4, -0.2) is 66.7 Å². The number of carboxylic acids is 1. The number of hydrazine groups is 1. The van der Waals surface area contributed by atoms with Crippen LogP contribution in [0.5, 0.6) is 0 Å². The van der Waals surface area contributed by atoms with Gasteiger partial charge < -0.3 is 5.11 Å². The fourth-order valence-corrected chi connectivity index (χ4v) is 5.89. The van der Waals surface area contributed by atoms with Crippen molar-refractivity contribution in [2.75, 3.05) is 18.1 Å². The van der Waals surface area contributed by atoms with Gasteiger partial charge >= 0.3 is 5.97 Å². The molecule has 168 valence electrons. The molecule has 2 fully saturated rings. The van der Waals surface area contributed by atoms with Crippen molar-refractivity contribution in [3.63, 3.8) is 0 Å². The van der Waals surface area contributed by atoms with Crippen LogP contribution in [-0.2, 0) is 24.0 Å². The number of thioether (sulfide) groups is 2. The Balaban J connectivity index is 2.52. The lowest BCUT2D eigenvalue weighted by Crippen LogP contribution is -2.69. The molecule has 1 atom stereocenters. The van der Waals surface area contributed by atoms with E-state index in [2.05, 4.69) is 0 Å². The van der Waals surface area contributed by atoms with Gasteiger partial charge in [0.15, 0.2) is 15.8 Å². The molecule has 0 aromatic carbocycles. The first-order valence-electron chi connectivity index (χ1n) is 9.98. The minimum atomic E-state index is -1.54. The van der Waals surface area contributed by atoms with Gasteiger partial charge in [0.2, 0.25) is 0 Å². The van der Waals surface area contributed by atoms with Crippen molar-refractivity contribution < 1.29 is 29.1 Å². The Morgan fingerprint density at radius 3 is 1.90 bits per heavy atom. The van der Waals surface area contributed by atoms with Gasteiger partial charge in [-0.2, -0.15) is 0 Å². The Morgan fingerprint density at radius 1 is 1.00 bits per heavy atom. The lowest BCUT2D eigenvalue weighted by Gasteiger charge is -2.52. The summed E-state index contributed by atoms with van der Waals surface area (Å²) in [4.78, 5) is 62.7. The number of hydrogen-bond acceptors (Lipinski definition) is 7. The van der Waals surface area contributed by atoms with Crippen molar-refractivity contribution in [2.45, 2.75) is 65.8 Å². The third kappa shape index (κ3) is 4.12. The van der Waals surface area contributed by atoms with Crippen LogP contribution in [0.2, 0.25) is 0 Å². The second-order valence-electron chi connectivity index (χ2n) is 8.83. The third-order valence-electron chi connectivity index (χ3n) is 6.02. The van der Waals surface area contributed by atoms with Gasteiger partial charge in [0, 0.05) is 31.9 Å². The molecule has 30 heavy (non-hydrogen) atoms. The van der Waals surface area contributed by atoms with E-state index < -0.39 is 34.2 Å². The number of carboxylic acid groups (broad SMARTS) is 1. The average molecular weight is 459 g/mol. The zero-order chi connectivity index (χ0) is 22.9. The Bertz CT molecular complexity index is 743. The van der Waals surface area contributed by atoms with Gasteiger partial charge in [0.25, 0.3) is 11.8 Å². The molecule has 2 aliphatic heterocycles. The summed E-state index contributed by atoms with van der Waals surface area (Å²) in [7, 11) is 0. The Morgan fingerprint density at radius 2 is 1.50 bits per heavy atom. The second kappa shape index (κ2) is 8.90. The summed E-state index contributed by atoms with van der Waals surface area (Å²) in [6, 6.07) is 0. The first-order chi connectivity index (χ1) is 13.8. The van der Waals surface area contributed by atoms with Crippen molar-refractivity contribution in [3.05, 3.63) is 0 Å². The number of aliphatic carboxylic acids is 1. The minimum Gasteiger partial charge on any atom is -0.479 e. The predicted molar refractivity (Wildman–Crippen MR) is 116 cm³/mol. The van der Waals surface area contributed by atoms with E-state index in [1.165, 1.54) is 23.9 Å². The number of hydrogen-bond donors (Lipinski definition) is 1. The average Bonchev–Trinajstić information content (AvgIpc) is 2.82. The maximum atomic E-state index is 13.8. The molecule has 0 aromatic heterocycles. The number of carbonyl (C=O) groups is 5. The molecule has 1 N–H and O–H groups in total. The van der Waals surface area contributed by atoms with Gasteiger partial charge in [-0.15, -0.1) is 0 Å². The first-order valence-corrected chi connectivity index (χ1v) is 11.9. The van der Waals surface area contributed by atoms with E-state index in [4.69, 9.17) is 0 Å². The van der Waals surface area contributed by atoms with Crippen LogP contribution in [0.1, 0.15) is 60.3 Å². The molecule has 0 bridgehead atoms. The van der Waals surface area contributed by atoms with Crippen molar-refractivity contribution in [2.24, 2.45) is 10.8 Å². The summed E-state index contributed by atoms with van der Waals surface area (Å²) in [6.07, 6.45) is 0.974. The van der Waals surface area contributed by atoms with E-state index in [1.54, 1.807) is 20.8 Å². The van der Waals surface area contributed by atoms with E-state index >= 15 is 0 Å². The maximum absolute atomic E-state index is 13.8. The van der Waals surface area contributed by atoms with E-state index in [-0.39, 0.29) is 47.5 Å². The third-order valence-corrected chi connectivity index (χ3v) is 7.65. The van der Waals surface area contributed by atoms with Crippen LogP contribution in [0.4, 0.5) is 0 Å². The van der Waals surface area contributed by atoms with Gasteiger partial charge in [0.1, 0.15) is 5.41 Å². The molecule has 2 rings (SSSR count). The van der Waals surface area contributed by atoms with E-state index in [0.29, 0.717) is 6.42 Å². The molecule has 2 aliphatic rings. The fraction of sp³-hybridized carbons (Fsp3) is 0.750. The summed E-state index contributed by atoms with van der Waals surface area (Å²) in [5.74, 6) is -1.54. The predicted octanol–water partition coefficient (Wildman–Crippen LogP) is 2.56. The topological polar surface area (TPSA) is 112 Å². The summed E-state index contributed by atoms with van der Waals surface area (Å²) in [5.41, 5.74) is -3.81. The summed E-state index contributed by atoms with van der Waals surface area (Å²) in [6.45, 7) is 8.40. The highest BCUT2D eigenvalue weighted by molar-refractivity contribution is 8.13. The van der Waals surface area contributed by atoms with Crippen molar-refractivity contribution in [1.82, 2.24) is 10.0 Å². The van der Waals surface area contributed by atoms with E-state index in [1.807, 2.05) is 0 Å². The molecule has 0 radical (unpaired) electrons. The molecule has 0 aromatic rings. The minimum absolute atomic E-state index is 0.117. The lowest BCUT2D eigenvalue weighted by molar-refractivity contribution is -0.199. The standard InChI is InChI=1S/C20H30N2O6S2/c1-13(23)29-11-8-19(9-12-30-14(2)24)15(25)21-10-6-7-20(17(27)28,18(3,4)5)22(21)16(19)26/h6-12H2,1-5H3,(H,27,28). The molecule has 2 amide bonds. The quantitative estimate of drug-likeness (QED) is 0.579. The Hall–Kier alpha value is -1.55. The van der Waals surface area contributed by atoms with Crippen LogP contribution in [0.15, 0.2) is 0 Å². The summed E-state index contributed by atoms with van der Waals surface area (Å²) in [5, 5.41) is 12.5. The highest BCUT2D eigenvalue weighted by atomic mass is 32.2. The van der Waals surface area contributed by atoms with Crippen LogP contribution in [0, 0.1) is 10.8 Å². The molecule has 0 saturated carbocycles. The molecular weight excluding hydrogens is 428 g/mol. The Labute approximate surface area is 185 Å². The van der Waals surface area contributed by atoms with Crippen LogP contribution < -0.4 is 0 Å². The first kappa shape index (κ1) is 24.7. The number of fused-ring (bicyclic) bond motifs is 1. The lowest BCUT2D eigenvalue weighted by atomic mass is 9.69. The molecule has 0 aliphatic carbocycles. The highest BCUT2D eigenvalue weighted by Crippen LogP contribution is 2.51. The molecule has 0 spiro atoms. The molecule has 2 heterocycles. The molecule has 10 heteroatoms. The summed E-state index contributed by atoms with van der Waals surface area (Å²) < 4.78 is 0. The molecular formula is C20H30N2O6S2. The van der Waals surface area contributed by atoms with Crippen LogP contribution in [0.25, 0.3) is 0 Å². The number of rotatable bonds is 7. The number of nitrogens with zero attached hydrogens (tertiary/aromatic N) is 2. The smallest absolute Gasteiger partial charge is 0.332 e. The molecule has 1 unspecified atom stereocenters. The largest absolute Gasteiger partial charge is 0.479 e. The van der Waals surface area contributed by atoms with Gasteiger partial charge in [0.05, 0.1) is 0 Å². The fourth-order valence-electron chi connectivity index (χ4n) is 4.41.